The van der Waals surface area contributed by atoms with Crippen molar-refractivity contribution in [1.82, 2.24) is 0 Å². The van der Waals surface area contributed by atoms with Crippen molar-refractivity contribution < 1.29 is 4.79 Å². The molecule has 0 bridgehead atoms. The zero-order valence-electron chi connectivity index (χ0n) is 9.20. The zero-order valence-corrected chi connectivity index (χ0v) is 9.95. The number of benzene rings is 2. The number of hydrogen-bond donors (Lipinski definition) is 0. The first-order valence-corrected chi connectivity index (χ1v) is 5.37. The number of rotatable bonds is 2. The number of fused-ring (bicyclic) bond motifs is 1. The Balaban J connectivity index is 2.57. The molecule has 2 aromatic rings. The fraction of sp³-hybridized carbons (Fsp3) is 0.154. The van der Waals surface area contributed by atoms with E-state index in [-0.39, 0.29) is 0 Å². The summed E-state index contributed by atoms with van der Waals surface area (Å²) in [5.41, 5.74) is 1.67. The molecular formula is C13H12ClNO. The Kier molecular flexibility index (Phi) is 2.84. The van der Waals surface area contributed by atoms with Gasteiger partial charge in [-0.05, 0) is 46.6 Å². The Bertz CT molecular complexity index is 549. The van der Waals surface area contributed by atoms with Crippen LogP contribution in [0.4, 0.5) is 5.69 Å². The predicted octanol–water partition coefficient (Wildman–Crippen LogP) is 3.28. The van der Waals surface area contributed by atoms with Crippen molar-refractivity contribution in [2.45, 2.75) is 0 Å². The Morgan fingerprint density at radius 2 is 1.69 bits per heavy atom. The highest BCUT2D eigenvalue weighted by molar-refractivity contribution is 6.67. The van der Waals surface area contributed by atoms with Gasteiger partial charge in [-0.25, -0.2) is 0 Å². The van der Waals surface area contributed by atoms with Crippen LogP contribution in [-0.4, -0.2) is 19.3 Å². The molecule has 0 aliphatic rings. The third kappa shape index (κ3) is 2.02. The van der Waals surface area contributed by atoms with Crippen LogP contribution in [0, 0.1) is 0 Å². The summed E-state index contributed by atoms with van der Waals surface area (Å²) in [5.74, 6) is 0. The molecule has 0 heterocycles. The van der Waals surface area contributed by atoms with Crippen LogP contribution in [0.5, 0.6) is 0 Å². The summed E-state index contributed by atoms with van der Waals surface area (Å²) < 4.78 is 0. The Hall–Kier alpha value is -1.54. The molecule has 0 N–H and O–H groups in total. The van der Waals surface area contributed by atoms with Gasteiger partial charge >= 0.3 is 0 Å². The standard InChI is InChI=1S/C13H12ClNO/c1-15(2)12-6-5-9-7-11(13(14)16)4-3-10(9)8-12/h3-8H,1-2H3. The Morgan fingerprint density at radius 3 is 2.31 bits per heavy atom. The van der Waals surface area contributed by atoms with E-state index in [2.05, 4.69) is 6.07 Å². The van der Waals surface area contributed by atoms with E-state index in [1.807, 2.05) is 43.3 Å². The summed E-state index contributed by atoms with van der Waals surface area (Å²) in [4.78, 5) is 13.1. The maximum Gasteiger partial charge on any atom is 0.252 e. The van der Waals surface area contributed by atoms with E-state index in [0.717, 1.165) is 16.5 Å². The average Bonchev–Trinajstić information content (AvgIpc) is 2.27. The third-order valence-corrected chi connectivity index (χ3v) is 2.79. The monoisotopic (exact) mass is 233 g/mol. The lowest BCUT2D eigenvalue weighted by molar-refractivity contribution is 0.108. The number of carbonyl (C=O) groups is 1. The maximum atomic E-state index is 11.0. The molecule has 0 fully saturated rings. The number of anilines is 1. The van der Waals surface area contributed by atoms with Crippen molar-refractivity contribution in [3.05, 3.63) is 42.0 Å². The van der Waals surface area contributed by atoms with Crippen molar-refractivity contribution >= 4 is 33.3 Å². The molecule has 0 spiro atoms. The van der Waals surface area contributed by atoms with E-state index in [9.17, 15) is 4.79 Å². The van der Waals surface area contributed by atoms with Gasteiger partial charge in [-0.2, -0.15) is 0 Å². The molecule has 0 radical (unpaired) electrons. The van der Waals surface area contributed by atoms with Crippen molar-refractivity contribution in [1.29, 1.82) is 0 Å². The second-order valence-corrected chi connectivity index (χ2v) is 4.26. The first-order valence-electron chi connectivity index (χ1n) is 4.99. The summed E-state index contributed by atoms with van der Waals surface area (Å²) in [6.07, 6.45) is 0. The number of nitrogens with zero attached hydrogens (tertiary/aromatic N) is 1. The highest BCUT2D eigenvalue weighted by Crippen LogP contribution is 2.22. The van der Waals surface area contributed by atoms with Crippen LogP contribution in [0.25, 0.3) is 10.8 Å². The quantitative estimate of drug-likeness (QED) is 0.742. The van der Waals surface area contributed by atoms with E-state index in [0.29, 0.717) is 5.56 Å². The van der Waals surface area contributed by atoms with Gasteiger partial charge in [-0.1, -0.05) is 12.1 Å². The topological polar surface area (TPSA) is 20.3 Å². The highest BCUT2D eigenvalue weighted by atomic mass is 35.5. The minimum atomic E-state index is -0.418. The molecule has 0 saturated heterocycles. The molecule has 0 aliphatic heterocycles. The largest absolute Gasteiger partial charge is 0.378 e. The van der Waals surface area contributed by atoms with Crippen molar-refractivity contribution in [3.8, 4) is 0 Å². The van der Waals surface area contributed by atoms with Crippen LogP contribution in [0.3, 0.4) is 0 Å². The molecule has 2 rings (SSSR count). The SMILES string of the molecule is CN(C)c1ccc2cc(C(=O)Cl)ccc2c1. The van der Waals surface area contributed by atoms with Gasteiger partial charge in [0.05, 0.1) is 0 Å². The number of carbonyl (C=O) groups excluding carboxylic acids is 1. The summed E-state index contributed by atoms with van der Waals surface area (Å²) in [5, 5.41) is 1.71. The highest BCUT2D eigenvalue weighted by Gasteiger charge is 2.03. The number of halogens is 1. The smallest absolute Gasteiger partial charge is 0.252 e. The van der Waals surface area contributed by atoms with Gasteiger partial charge in [0.15, 0.2) is 0 Å². The lowest BCUT2D eigenvalue weighted by atomic mass is 10.1. The second kappa shape index (κ2) is 4.14. The molecule has 0 saturated carbocycles. The zero-order chi connectivity index (χ0) is 11.7. The fourth-order valence-corrected chi connectivity index (χ4v) is 1.75. The average molecular weight is 234 g/mol. The van der Waals surface area contributed by atoms with Crippen LogP contribution in [0.15, 0.2) is 36.4 Å². The lowest BCUT2D eigenvalue weighted by Gasteiger charge is -2.13. The van der Waals surface area contributed by atoms with Gasteiger partial charge in [-0.15, -0.1) is 0 Å². The predicted molar refractivity (Wildman–Crippen MR) is 68.5 cm³/mol. The van der Waals surface area contributed by atoms with E-state index in [1.165, 1.54) is 0 Å². The van der Waals surface area contributed by atoms with E-state index < -0.39 is 5.24 Å². The van der Waals surface area contributed by atoms with Gasteiger partial charge in [-0.3, -0.25) is 4.79 Å². The van der Waals surface area contributed by atoms with Gasteiger partial charge in [0.2, 0.25) is 0 Å². The summed E-state index contributed by atoms with van der Waals surface area (Å²) in [6, 6.07) is 11.6. The maximum absolute atomic E-state index is 11.0. The van der Waals surface area contributed by atoms with Crippen LogP contribution in [0.2, 0.25) is 0 Å². The molecule has 0 aliphatic carbocycles. The minimum absolute atomic E-state index is 0.418. The molecule has 0 atom stereocenters. The van der Waals surface area contributed by atoms with E-state index in [4.69, 9.17) is 11.6 Å². The number of hydrogen-bond acceptors (Lipinski definition) is 2. The first-order chi connectivity index (χ1) is 7.58. The molecular weight excluding hydrogens is 222 g/mol. The van der Waals surface area contributed by atoms with Crippen LogP contribution in [0.1, 0.15) is 10.4 Å². The van der Waals surface area contributed by atoms with Crippen molar-refractivity contribution in [2.24, 2.45) is 0 Å². The lowest BCUT2D eigenvalue weighted by Crippen LogP contribution is -2.08. The van der Waals surface area contributed by atoms with Crippen LogP contribution in [-0.2, 0) is 0 Å². The summed E-state index contributed by atoms with van der Waals surface area (Å²) in [7, 11) is 4.00. The van der Waals surface area contributed by atoms with Crippen molar-refractivity contribution in [2.75, 3.05) is 19.0 Å². The molecule has 2 nitrogen and oxygen atoms in total. The van der Waals surface area contributed by atoms with Crippen molar-refractivity contribution in [3.63, 3.8) is 0 Å². The minimum Gasteiger partial charge on any atom is -0.378 e. The second-order valence-electron chi connectivity index (χ2n) is 3.91. The summed E-state index contributed by atoms with van der Waals surface area (Å²) in [6.45, 7) is 0. The Morgan fingerprint density at radius 1 is 1.06 bits per heavy atom. The third-order valence-electron chi connectivity index (χ3n) is 2.57. The van der Waals surface area contributed by atoms with Crippen LogP contribution < -0.4 is 4.90 Å². The van der Waals surface area contributed by atoms with Gasteiger partial charge in [0.1, 0.15) is 0 Å². The van der Waals surface area contributed by atoms with E-state index >= 15 is 0 Å². The normalized spacial score (nSPS) is 10.4. The fourth-order valence-electron chi connectivity index (χ4n) is 1.63. The van der Waals surface area contributed by atoms with Gasteiger partial charge < -0.3 is 4.90 Å². The Labute approximate surface area is 99.4 Å². The first kappa shape index (κ1) is 11.0. The molecule has 82 valence electrons. The molecule has 16 heavy (non-hydrogen) atoms. The molecule has 0 unspecified atom stereocenters. The molecule has 0 aromatic heterocycles. The summed E-state index contributed by atoms with van der Waals surface area (Å²) >= 11 is 5.44. The molecule has 0 amide bonds. The molecule has 3 heteroatoms. The van der Waals surface area contributed by atoms with Gasteiger partial charge in [0.25, 0.3) is 5.24 Å². The molecule has 2 aromatic carbocycles. The van der Waals surface area contributed by atoms with Crippen LogP contribution >= 0.6 is 11.6 Å². The van der Waals surface area contributed by atoms with Gasteiger partial charge in [0, 0.05) is 25.3 Å². The van der Waals surface area contributed by atoms with E-state index in [1.54, 1.807) is 6.07 Å².